The molecule has 2 fully saturated rings. The summed E-state index contributed by atoms with van der Waals surface area (Å²) in [5.74, 6) is 0. The summed E-state index contributed by atoms with van der Waals surface area (Å²) in [7, 11) is 0. The number of hydrogen-bond acceptors (Lipinski definition) is 2. The van der Waals surface area contributed by atoms with Crippen LogP contribution in [0.2, 0.25) is 0 Å². The second-order valence-corrected chi connectivity index (χ2v) is 6.03. The quantitative estimate of drug-likeness (QED) is 0.785. The van der Waals surface area contributed by atoms with Crippen LogP contribution in [-0.2, 0) is 0 Å². The van der Waals surface area contributed by atoms with Gasteiger partial charge in [0.25, 0.3) is 0 Å². The minimum Gasteiger partial charge on any atom is -0.369 e. The van der Waals surface area contributed by atoms with E-state index in [-0.39, 0.29) is 0 Å². The minimum absolute atomic E-state index is 0.788. The van der Waals surface area contributed by atoms with Gasteiger partial charge in [-0.05, 0) is 37.6 Å². The van der Waals surface area contributed by atoms with Crippen molar-refractivity contribution >= 4 is 21.6 Å². The summed E-state index contributed by atoms with van der Waals surface area (Å²) in [6.45, 7) is 4.93. The predicted octanol–water partition coefficient (Wildman–Crippen LogP) is 3.12. The van der Waals surface area contributed by atoms with Crippen LogP contribution in [0.25, 0.3) is 0 Å². The van der Waals surface area contributed by atoms with Crippen LogP contribution in [0.4, 0.5) is 5.69 Å². The number of fused-ring (bicyclic) bond motifs is 1. The van der Waals surface area contributed by atoms with E-state index in [0.717, 1.165) is 6.04 Å². The van der Waals surface area contributed by atoms with Crippen LogP contribution in [0.15, 0.2) is 28.7 Å². The van der Waals surface area contributed by atoms with E-state index in [4.69, 9.17) is 0 Å². The van der Waals surface area contributed by atoms with Crippen LogP contribution >= 0.6 is 15.9 Å². The van der Waals surface area contributed by atoms with E-state index >= 15 is 0 Å². The highest BCUT2D eigenvalue weighted by Gasteiger charge is 2.28. The van der Waals surface area contributed by atoms with Crippen molar-refractivity contribution in [3.8, 4) is 0 Å². The Morgan fingerprint density at radius 1 is 1.12 bits per heavy atom. The molecule has 0 spiro atoms. The third-order valence-electron chi connectivity index (χ3n) is 4.01. The van der Waals surface area contributed by atoms with Crippen molar-refractivity contribution in [3.05, 3.63) is 28.7 Å². The van der Waals surface area contributed by atoms with Crippen molar-refractivity contribution in [3.63, 3.8) is 0 Å². The lowest BCUT2D eigenvalue weighted by molar-refractivity contribution is 0.133. The van der Waals surface area contributed by atoms with E-state index < -0.39 is 0 Å². The molecule has 0 aliphatic carbocycles. The normalized spacial score (nSPS) is 25.7. The number of benzene rings is 1. The molecular weight excluding hydrogens is 276 g/mol. The van der Waals surface area contributed by atoms with Gasteiger partial charge in [-0.25, -0.2) is 0 Å². The van der Waals surface area contributed by atoms with Crippen molar-refractivity contribution in [2.45, 2.75) is 25.3 Å². The molecule has 2 saturated heterocycles. The molecule has 0 saturated carbocycles. The zero-order chi connectivity index (χ0) is 11.7. The molecule has 2 nitrogen and oxygen atoms in total. The van der Waals surface area contributed by atoms with Gasteiger partial charge in [0.05, 0.1) is 0 Å². The van der Waals surface area contributed by atoms with Gasteiger partial charge in [0, 0.05) is 35.8 Å². The first-order valence-electron chi connectivity index (χ1n) is 6.57. The molecule has 0 amide bonds. The molecule has 0 bridgehead atoms. The predicted molar refractivity (Wildman–Crippen MR) is 75.6 cm³/mol. The number of anilines is 1. The molecule has 1 aromatic carbocycles. The molecule has 3 rings (SSSR count). The Morgan fingerprint density at radius 2 is 2.06 bits per heavy atom. The van der Waals surface area contributed by atoms with E-state index in [1.54, 1.807) is 0 Å². The highest BCUT2D eigenvalue weighted by atomic mass is 79.9. The Morgan fingerprint density at radius 3 is 2.94 bits per heavy atom. The molecule has 1 atom stereocenters. The second-order valence-electron chi connectivity index (χ2n) is 5.11. The van der Waals surface area contributed by atoms with Crippen LogP contribution in [0.1, 0.15) is 19.3 Å². The Labute approximate surface area is 112 Å². The van der Waals surface area contributed by atoms with Crippen LogP contribution in [-0.4, -0.2) is 37.1 Å². The van der Waals surface area contributed by atoms with E-state index in [1.807, 2.05) is 0 Å². The van der Waals surface area contributed by atoms with Gasteiger partial charge in [-0.3, -0.25) is 4.90 Å². The molecule has 2 aliphatic rings. The SMILES string of the molecule is Brc1cccc(N2CCN3CCCCC3C2)c1. The first-order chi connectivity index (χ1) is 8.33. The number of piperidine rings is 1. The van der Waals surface area contributed by atoms with Crippen molar-refractivity contribution < 1.29 is 0 Å². The average Bonchev–Trinajstić information content (AvgIpc) is 2.38. The maximum Gasteiger partial charge on any atom is 0.0378 e. The fourth-order valence-electron chi connectivity index (χ4n) is 3.06. The standard InChI is InChI=1S/C14H19BrN2/c15-12-4-3-6-13(10-12)17-9-8-16-7-2-1-5-14(16)11-17/h3-4,6,10,14H,1-2,5,7-9,11H2. The Balaban J connectivity index is 1.73. The van der Waals surface area contributed by atoms with E-state index in [9.17, 15) is 0 Å². The minimum atomic E-state index is 0.788. The molecule has 3 heteroatoms. The third kappa shape index (κ3) is 2.50. The summed E-state index contributed by atoms with van der Waals surface area (Å²) in [5.41, 5.74) is 1.37. The van der Waals surface area contributed by atoms with E-state index in [1.165, 1.54) is 55.6 Å². The molecule has 0 N–H and O–H groups in total. The first kappa shape index (κ1) is 11.5. The van der Waals surface area contributed by atoms with Crippen molar-refractivity contribution in [2.24, 2.45) is 0 Å². The lowest BCUT2D eigenvalue weighted by atomic mass is 9.99. The van der Waals surface area contributed by atoms with Gasteiger partial charge in [-0.15, -0.1) is 0 Å². The summed E-state index contributed by atoms with van der Waals surface area (Å²) in [6, 6.07) is 9.48. The zero-order valence-electron chi connectivity index (χ0n) is 10.1. The highest BCUT2D eigenvalue weighted by Crippen LogP contribution is 2.26. The highest BCUT2D eigenvalue weighted by molar-refractivity contribution is 9.10. The lowest BCUT2D eigenvalue weighted by Crippen LogP contribution is -2.54. The molecule has 1 aromatic rings. The summed E-state index contributed by atoms with van der Waals surface area (Å²) in [5, 5.41) is 0. The summed E-state index contributed by atoms with van der Waals surface area (Å²) < 4.78 is 1.18. The number of hydrogen-bond donors (Lipinski definition) is 0. The van der Waals surface area contributed by atoms with Crippen LogP contribution in [0.3, 0.4) is 0 Å². The summed E-state index contributed by atoms with van der Waals surface area (Å²) in [6.07, 6.45) is 4.19. The smallest absolute Gasteiger partial charge is 0.0378 e. The van der Waals surface area contributed by atoms with E-state index in [0.29, 0.717) is 0 Å². The fourth-order valence-corrected chi connectivity index (χ4v) is 3.45. The molecular formula is C14H19BrN2. The second kappa shape index (κ2) is 4.99. The lowest BCUT2D eigenvalue weighted by Gasteiger charge is -2.45. The number of rotatable bonds is 1. The van der Waals surface area contributed by atoms with Crippen LogP contribution in [0, 0.1) is 0 Å². The Bertz CT molecular complexity index is 394. The van der Waals surface area contributed by atoms with Gasteiger partial charge in [0.1, 0.15) is 0 Å². The number of piperazine rings is 1. The zero-order valence-corrected chi connectivity index (χ0v) is 11.7. The Kier molecular flexibility index (Phi) is 3.39. The maximum atomic E-state index is 3.56. The van der Waals surface area contributed by atoms with Gasteiger partial charge in [0.15, 0.2) is 0 Å². The van der Waals surface area contributed by atoms with Gasteiger partial charge in [0.2, 0.25) is 0 Å². The maximum absolute atomic E-state index is 3.56. The molecule has 17 heavy (non-hydrogen) atoms. The molecule has 92 valence electrons. The molecule has 2 heterocycles. The molecule has 0 aromatic heterocycles. The van der Waals surface area contributed by atoms with E-state index in [2.05, 4.69) is 50.0 Å². The van der Waals surface area contributed by atoms with Crippen molar-refractivity contribution in [2.75, 3.05) is 31.1 Å². The number of nitrogens with zero attached hydrogens (tertiary/aromatic N) is 2. The van der Waals surface area contributed by atoms with Gasteiger partial charge >= 0.3 is 0 Å². The van der Waals surface area contributed by atoms with Crippen LogP contribution < -0.4 is 4.90 Å². The molecule has 2 aliphatic heterocycles. The monoisotopic (exact) mass is 294 g/mol. The third-order valence-corrected chi connectivity index (χ3v) is 4.50. The number of halogens is 1. The summed E-state index contributed by atoms with van der Waals surface area (Å²) >= 11 is 3.56. The fraction of sp³-hybridized carbons (Fsp3) is 0.571. The largest absolute Gasteiger partial charge is 0.369 e. The average molecular weight is 295 g/mol. The molecule has 1 unspecified atom stereocenters. The Hall–Kier alpha value is -0.540. The van der Waals surface area contributed by atoms with Gasteiger partial charge < -0.3 is 4.90 Å². The van der Waals surface area contributed by atoms with Gasteiger partial charge in [-0.1, -0.05) is 28.4 Å². The van der Waals surface area contributed by atoms with Gasteiger partial charge in [-0.2, -0.15) is 0 Å². The summed E-state index contributed by atoms with van der Waals surface area (Å²) in [4.78, 5) is 5.22. The van der Waals surface area contributed by atoms with Crippen LogP contribution in [0.5, 0.6) is 0 Å². The topological polar surface area (TPSA) is 6.48 Å². The first-order valence-corrected chi connectivity index (χ1v) is 7.37. The van der Waals surface area contributed by atoms with Crippen molar-refractivity contribution in [1.82, 2.24) is 4.90 Å². The molecule has 0 radical (unpaired) electrons. The van der Waals surface area contributed by atoms with Crippen molar-refractivity contribution in [1.29, 1.82) is 0 Å².